The maximum absolute atomic E-state index is 8.99. The second-order valence-electron chi connectivity index (χ2n) is 3.36. The smallest absolute Gasteiger partial charge is 0.237 e. The molecule has 0 saturated heterocycles. The molecule has 0 aliphatic carbocycles. The van der Waals surface area contributed by atoms with E-state index < -0.39 is 6.29 Å². The first-order valence-electron chi connectivity index (χ1n) is 4.87. The van der Waals surface area contributed by atoms with Crippen LogP contribution in [0.1, 0.15) is 5.56 Å². The molecular weight excluding hydrogens is 238 g/mol. The third-order valence-electron chi connectivity index (χ3n) is 2.22. The first kappa shape index (κ1) is 11.5. The minimum Gasteiger partial charge on any atom is -0.459 e. The van der Waals surface area contributed by atoms with E-state index in [2.05, 4.69) is 5.92 Å². The van der Waals surface area contributed by atoms with Gasteiger partial charge in [-0.05, 0) is 24.3 Å². The van der Waals surface area contributed by atoms with E-state index in [0.717, 1.165) is 5.56 Å². The van der Waals surface area contributed by atoms with E-state index in [0.29, 0.717) is 16.3 Å². The maximum Gasteiger partial charge on any atom is 0.237 e. The number of terminal acetylenes is 1. The molecule has 1 unspecified atom stereocenters. The van der Waals surface area contributed by atoms with E-state index >= 15 is 0 Å². The highest BCUT2D eigenvalue weighted by Crippen LogP contribution is 2.31. The molecule has 0 saturated carbocycles. The lowest BCUT2D eigenvalue weighted by atomic mass is 10.1. The zero-order valence-electron chi connectivity index (χ0n) is 8.81. The number of nitrogens with zero attached hydrogens (tertiary/aromatic N) is 1. The zero-order valence-corrected chi connectivity index (χ0v) is 9.57. The lowest BCUT2D eigenvalue weighted by Crippen LogP contribution is -2.25. The molecule has 0 aromatic heterocycles. The molecule has 3 nitrogen and oxygen atoms in total. The van der Waals surface area contributed by atoms with Gasteiger partial charge in [-0.3, -0.25) is 0 Å². The normalized spacial score (nSPS) is 17.1. The Morgan fingerprint density at radius 2 is 2.35 bits per heavy atom. The first-order chi connectivity index (χ1) is 8.24. The van der Waals surface area contributed by atoms with Crippen molar-refractivity contribution in [1.82, 2.24) is 0 Å². The first-order valence-corrected chi connectivity index (χ1v) is 5.25. The highest BCUT2D eigenvalue weighted by atomic mass is 35.5. The van der Waals surface area contributed by atoms with Gasteiger partial charge in [0.15, 0.2) is 0 Å². The molecule has 0 spiro atoms. The van der Waals surface area contributed by atoms with E-state index in [4.69, 9.17) is 32.8 Å². The monoisotopic (exact) mass is 245 g/mol. The van der Waals surface area contributed by atoms with Crippen molar-refractivity contribution >= 4 is 17.7 Å². The van der Waals surface area contributed by atoms with Crippen LogP contribution in [0.5, 0.6) is 5.75 Å². The third-order valence-corrected chi connectivity index (χ3v) is 2.45. The van der Waals surface area contributed by atoms with Crippen molar-refractivity contribution in [2.75, 3.05) is 6.61 Å². The SMILES string of the molecule is C#CCOC1Oc2ccc(Cl)cc2C=C1C#N. The summed E-state index contributed by atoms with van der Waals surface area (Å²) in [6, 6.07) is 7.19. The molecule has 1 heterocycles. The molecule has 1 atom stereocenters. The van der Waals surface area contributed by atoms with Crippen LogP contribution in [0.2, 0.25) is 5.02 Å². The van der Waals surface area contributed by atoms with Crippen LogP contribution < -0.4 is 4.74 Å². The van der Waals surface area contributed by atoms with Crippen molar-refractivity contribution in [3.8, 4) is 24.2 Å². The number of hydrogen-bond donors (Lipinski definition) is 0. The van der Waals surface area contributed by atoms with Gasteiger partial charge in [0.1, 0.15) is 18.4 Å². The van der Waals surface area contributed by atoms with E-state index in [1.54, 1.807) is 24.3 Å². The Bertz CT molecular complexity index is 552. The summed E-state index contributed by atoms with van der Waals surface area (Å²) in [5, 5.41) is 9.58. The number of halogens is 1. The van der Waals surface area contributed by atoms with E-state index in [-0.39, 0.29) is 6.61 Å². The summed E-state index contributed by atoms with van der Waals surface area (Å²) in [5.41, 5.74) is 1.13. The van der Waals surface area contributed by atoms with Crippen molar-refractivity contribution in [2.24, 2.45) is 0 Å². The summed E-state index contributed by atoms with van der Waals surface area (Å²) >= 11 is 5.86. The molecule has 0 amide bonds. The van der Waals surface area contributed by atoms with Gasteiger partial charge < -0.3 is 9.47 Å². The topological polar surface area (TPSA) is 42.2 Å². The van der Waals surface area contributed by atoms with Crippen LogP contribution in [-0.2, 0) is 4.74 Å². The fraction of sp³-hybridized carbons (Fsp3) is 0.154. The average Bonchev–Trinajstić information content (AvgIpc) is 2.35. The van der Waals surface area contributed by atoms with Gasteiger partial charge in [-0.2, -0.15) is 5.26 Å². The van der Waals surface area contributed by atoms with Gasteiger partial charge in [0.2, 0.25) is 6.29 Å². The van der Waals surface area contributed by atoms with Crippen molar-refractivity contribution in [3.63, 3.8) is 0 Å². The molecule has 2 rings (SSSR count). The van der Waals surface area contributed by atoms with Crippen LogP contribution in [0.3, 0.4) is 0 Å². The Morgan fingerprint density at radius 3 is 3.06 bits per heavy atom. The molecule has 1 aromatic carbocycles. The summed E-state index contributed by atoms with van der Waals surface area (Å²) in [5.74, 6) is 2.95. The molecule has 1 aromatic rings. The summed E-state index contributed by atoms with van der Waals surface area (Å²) in [4.78, 5) is 0. The number of hydrogen-bond acceptors (Lipinski definition) is 3. The predicted octanol–water partition coefficient (Wildman–Crippen LogP) is 2.62. The van der Waals surface area contributed by atoms with Gasteiger partial charge in [0.25, 0.3) is 0 Å². The minimum atomic E-state index is -0.746. The highest BCUT2D eigenvalue weighted by Gasteiger charge is 2.23. The molecule has 17 heavy (non-hydrogen) atoms. The molecule has 0 bridgehead atoms. The summed E-state index contributed by atoms with van der Waals surface area (Å²) in [7, 11) is 0. The Kier molecular flexibility index (Phi) is 3.35. The van der Waals surface area contributed by atoms with Gasteiger partial charge in [-0.15, -0.1) is 6.42 Å². The van der Waals surface area contributed by atoms with Gasteiger partial charge in [-0.25, -0.2) is 0 Å². The molecule has 4 heteroatoms. The summed E-state index contributed by atoms with van der Waals surface area (Å²) in [6.07, 6.45) is 6.04. The Hall–Kier alpha value is -1.94. The van der Waals surface area contributed by atoms with E-state index in [1.165, 1.54) is 0 Å². The van der Waals surface area contributed by atoms with Crippen LogP contribution in [0, 0.1) is 23.7 Å². The second kappa shape index (κ2) is 4.93. The van der Waals surface area contributed by atoms with Crippen LogP contribution >= 0.6 is 11.6 Å². The molecule has 1 aliphatic rings. The third kappa shape index (κ3) is 2.42. The highest BCUT2D eigenvalue weighted by molar-refractivity contribution is 6.30. The number of ether oxygens (including phenoxy) is 2. The van der Waals surface area contributed by atoms with Gasteiger partial charge >= 0.3 is 0 Å². The number of rotatable bonds is 2. The molecule has 0 radical (unpaired) electrons. The fourth-order valence-electron chi connectivity index (χ4n) is 1.49. The minimum absolute atomic E-state index is 0.0899. The Morgan fingerprint density at radius 1 is 1.53 bits per heavy atom. The number of fused-ring (bicyclic) bond motifs is 1. The number of nitriles is 1. The molecule has 0 fully saturated rings. The molecule has 84 valence electrons. The Balaban J connectivity index is 2.33. The van der Waals surface area contributed by atoms with E-state index in [9.17, 15) is 0 Å². The summed E-state index contributed by atoms with van der Waals surface area (Å²) < 4.78 is 10.8. The largest absolute Gasteiger partial charge is 0.459 e. The molecule has 1 aliphatic heterocycles. The number of benzene rings is 1. The van der Waals surface area contributed by atoms with Crippen molar-refractivity contribution < 1.29 is 9.47 Å². The van der Waals surface area contributed by atoms with Gasteiger partial charge in [0, 0.05) is 10.6 Å². The maximum atomic E-state index is 8.99. The lowest BCUT2D eigenvalue weighted by molar-refractivity contribution is -0.0378. The van der Waals surface area contributed by atoms with Crippen LogP contribution in [0.4, 0.5) is 0 Å². The van der Waals surface area contributed by atoms with Crippen LogP contribution in [-0.4, -0.2) is 12.9 Å². The predicted molar refractivity (Wildman–Crippen MR) is 64.2 cm³/mol. The second-order valence-corrected chi connectivity index (χ2v) is 3.79. The quantitative estimate of drug-likeness (QED) is 0.752. The molecular formula is C13H8ClNO2. The van der Waals surface area contributed by atoms with Crippen molar-refractivity contribution in [3.05, 3.63) is 34.4 Å². The average molecular weight is 246 g/mol. The standard InChI is InChI=1S/C13H8ClNO2/c1-2-5-16-13-10(8-15)6-9-7-11(14)3-4-12(9)17-13/h1,3-4,6-7,13H,5H2. The van der Waals surface area contributed by atoms with Crippen LogP contribution in [0.15, 0.2) is 23.8 Å². The van der Waals surface area contributed by atoms with Crippen molar-refractivity contribution in [1.29, 1.82) is 5.26 Å². The molecule has 0 N–H and O–H groups in total. The van der Waals surface area contributed by atoms with Crippen molar-refractivity contribution in [2.45, 2.75) is 6.29 Å². The van der Waals surface area contributed by atoms with Crippen LogP contribution in [0.25, 0.3) is 6.08 Å². The van der Waals surface area contributed by atoms with Gasteiger partial charge in [-0.1, -0.05) is 17.5 Å². The van der Waals surface area contributed by atoms with E-state index in [1.807, 2.05) is 6.07 Å². The lowest BCUT2D eigenvalue weighted by Gasteiger charge is -2.23. The van der Waals surface area contributed by atoms with Gasteiger partial charge in [0.05, 0.1) is 5.57 Å². The fourth-order valence-corrected chi connectivity index (χ4v) is 1.67. The summed E-state index contributed by atoms with van der Waals surface area (Å²) in [6.45, 7) is 0.0899. The Labute approximate surface area is 104 Å². The zero-order chi connectivity index (χ0) is 12.3.